The monoisotopic (exact) mass is 259 g/mol. The molecule has 1 unspecified atom stereocenters. The zero-order valence-electron chi connectivity index (χ0n) is 11.6. The van der Waals surface area contributed by atoms with Crippen LogP contribution in [0.2, 0.25) is 0 Å². The quantitative estimate of drug-likeness (QED) is 0.872. The average Bonchev–Trinajstić information content (AvgIpc) is 2.84. The lowest BCUT2D eigenvalue weighted by Crippen LogP contribution is -2.26. The summed E-state index contributed by atoms with van der Waals surface area (Å²) < 4.78 is 0. The topological polar surface area (TPSA) is 64.8 Å². The van der Waals surface area contributed by atoms with Crippen molar-refractivity contribution in [3.8, 4) is 6.07 Å². The van der Waals surface area contributed by atoms with E-state index >= 15 is 0 Å². The van der Waals surface area contributed by atoms with E-state index in [2.05, 4.69) is 34.0 Å². The highest BCUT2D eigenvalue weighted by molar-refractivity contribution is 5.33. The third kappa shape index (κ3) is 4.18. The fourth-order valence-corrected chi connectivity index (χ4v) is 2.49. The number of aromatic nitrogens is 2. The minimum atomic E-state index is 0.356. The van der Waals surface area contributed by atoms with Crippen molar-refractivity contribution in [2.45, 2.75) is 20.3 Å². The van der Waals surface area contributed by atoms with E-state index in [0.29, 0.717) is 11.6 Å². The van der Waals surface area contributed by atoms with Gasteiger partial charge in [0.2, 0.25) is 0 Å². The summed E-state index contributed by atoms with van der Waals surface area (Å²) in [6.07, 6.45) is 4.37. The van der Waals surface area contributed by atoms with Gasteiger partial charge in [-0.2, -0.15) is 5.26 Å². The minimum Gasteiger partial charge on any atom is -0.368 e. The Hall–Kier alpha value is -1.67. The maximum Gasteiger partial charge on any atom is 0.158 e. The lowest BCUT2D eigenvalue weighted by atomic mass is 10.1. The number of hydrogen-bond donors (Lipinski definition) is 1. The van der Waals surface area contributed by atoms with E-state index in [9.17, 15) is 0 Å². The van der Waals surface area contributed by atoms with E-state index in [1.807, 2.05) is 6.07 Å². The van der Waals surface area contributed by atoms with Gasteiger partial charge in [0.1, 0.15) is 11.9 Å². The van der Waals surface area contributed by atoms with Gasteiger partial charge in [-0.1, -0.05) is 13.8 Å². The zero-order chi connectivity index (χ0) is 13.7. The van der Waals surface area contributed by atoms with E-state index in [4.69, 9.17) is 5.26 Å². The first-order chi connectivity index (χ1) is 9.17. The van der Waals surface area contributed by atoms with Crippen LogP contribution in [0.3, 0.4) is 0 Å². The fourth-order valence-electron chi connectivity index (χ4n) is 2.49. The van der Waals surface area contributed by atoms with Crippen molar-refractivity contribution >= 4 is 5.82 Å². The van der Waals surface area contributed by atoms with Crippen molar-refractivity contribution in [3.05, 3.63) is 18.1 Å². The molecule has 2 rings (SSSR count). The van der Waals surface area contributed by atoms with Crippen LogP contribution in [0, 0.1) is 23.2 Å². The maximum atomic E-state index is 8.65. The summed E-state index contributed by atoms with van der Waals surface area (Å²) in [5, 5.41) is 12.0. The molecular formula is C14H21N5. The Morgan fingerprint density at radius 3 is 2.95 bits per heavy atom. The minimum absolute atomic E-state index is 0.356. The number of nitrogens with one attached hydrogen (secondary N) is 1. The first-order valence-electron chi connectivity index (χ1n) is 6.85. The second-order valence-electron chi connectivity index (χ2n) is 5.59. The molecule has 0 spiro atoms. The molecule has 1 aromatic rings. The second-order valence-corrected chi connectivity index (χ2v) is 5.59. The largest absolute Gasteiger partial charge is 0.368 e. The van der Waals surface area contributed by atoms with Gasteiger partial charge in [-0.15, -0.1) is 0 Å². The molecule has 0 aliphatic carbocycles. The first kappa shape index (κ1) is 13.8. The molecule has 0 aromatic carbocycles. The summed E-state index contributed by atoms with van der Waals surface area (Å²) >= 11 is 0. The van der Waals surface area contributed by atoms with Crippen molar-refractivity contribution in [2.75, 3.05) is 31.5 Å². The predicted molar refractivity (Wildman–Crippen MR) is 74.6 cm³/mol. The number of nitrogens with zero attached hydrogens (tertiary/aromatic N) is 4. The van der Waals surface area contributed by atoms with Gasteiger partial charge in [0, 0.05) is 19.6 Å². The van der Waals surface area contributed by atoms with Crippen LogP contribution in [0.15, 0.2) is 12.4 Å². The van der Waals surface area contributed by atoms with Crippen LogP contribution in [0.25, 0.3) is 0 Å². The average molecular weight is 259 g/mol. The van der Waals surface area contributed by atoms with Gasteiger partial charge in [0.05, 0.1) is 12.4 Å². The van der Waals surface area contributed by atoms with Crippen LogP contribution in [-0.2, 0) is 0 Å². The molecule has 1 aliphatic rings. The van der Waals surface area contributed by atoms with E-state index in [-0.39, 0.29) is 0 Å². The van der Waals surface area contributed by atoms with Crippen LogP contribution in [-0.4, -0.2) is 41.0 Å². The number of nitriles is 1. The van der Waals surface area contributed by atoms with Gasteiger partial charge in [0.25, 0.3) is 0 Å². The van der Waals surface area contributed by atoms with Crippen molar-refractivity contribution in [3.63, 3.8) is 0 Å². The van der Waals surface area contributed by atoms with Crippen molar-refractivity contribution in [2.24, 2.45) is 11.8 Å². The third-order valence-electron chi connectivity index (χ3n) is 3.33. The van der Waals surface area contributed by atoms with Crippen LogP contribution < -0.4 is 5.32 Å². The normalized spacial score (nSPS) is 19.6. The molecule has 5 nitrogen and oxygen atoms in total. The van der Waals surface area contributed by atoms with Crippen LogP contribution in [0.5, 0.6) is 0 Å². The smallest absolute Gasteiger partial charge is 0.158 e. The fraction of sp³-hybridized carbons (Fsp3) is 0.643. The Morgan fingerprint density at radius 1 is 1.47 bits per heavy atom. The predicted octanol–water partition coefficient (Wildman–Crippen LogP) is 1.74. The van der Waals surface area contributed by atoms with E-state index in [1.165, 1.54) is 25.7 Å². The van der Waals surface area contributed by atoms with Gasteiger partial charge >= 0.3 is 0 Å². The molecule has 0 saturated carbocycles. The Labute approximate surface area is 114 Å². The molecule has 2 heterocycles. The van der Waals surface area contributed by atoms with Crippen LogP contribution >= 0.6 is 0 Å². The number of rotatable bonds is 5. The lowest BCUT2D eigenvalue weighted by Gasteiger charge is -2.18. The maximum absolute atomic E-state index is 8.65. The summed E-state index contributed by atoms with van der Waals surface area (Å²) in [5.74, 6) is 2.16. The van der Waals surface area contributed by atoms with E-state index in [0.717, 1.165) is 24.8 Å². The van der Waals surface area contributed by atoms with E-state index < -0.39 is 0 Å². The van der Waals surface area contributed by atoms with Crippen molar-refractivity contribution in [1.29, 1.82) is 5.26 Å². The molecule has 0 radical (unpaired) electrons. The number of likely N-dealkylation sites (tertiary alicyclic amines) is 1. The van der Waals surface area contributed by atoms with Crippen LogP contribution in [0.1, 0.15) is 26.0 Å². The van der Waals surface area contributed by atoms with Gasteiger partial charge in [-0.05, 0) is 24.8 Å². The summed E-state index contributed by atoms with van der Waals surface area (Å²) in [5.41, 5.74) is 0.356. The Morgan fingerprint density at radius 2 is 2.32 bits per heavy atom. The summed E-state index contributed by atoms with van der Waals surface area (Å²) in [6, 6.07) is 1.97. The highest BCUT2D eigenvalue weighted by atomic mass is 15.2. The summed E-state index contributed by atoms with van der Waals surface area (Å²) in [6.45, 7) is 9.00. The second kappa shape index (κ2) is 6.48. The van der Waals surface area contributed by atoms with Crippen LogP contribution in [0.4, 0.5) is 5.82 Å². The van der Waals surface area contributed by atoms with Gasteiger partial charge < -0.3 is 10.2 Å². The molecule has 19 heavy (non-hydrogen) atoms. The Balaban J connectivity index is 1.75. The molecule has 1 saturated heterocycles. The highest BCUT2D eigenvalue weighted by Gasteiger charge is 2.22. The van der Waals surface area contributed by atoms with E-state index in [1.54, 1.807) is 6.20 Å². The van der Waals surface area contributed by atoms with Gasteiger partial charge in [0.15, 0.2) is 5.69 Å². The molecule has 102 valence electrons. The molecule has 1 atom stereocenters. The Bertz CT molecular complexity index is 434. The molecule has 1 fully saturated rings. The zero-order valence-corrected chi connectivity index (χ0v) is 11.6. The van der Waals surface area contributed by atoms with Crippen molar-refractivity contribution in [1.82, 2.24) is 14.9 Å². The third-order valence-corrected chi connectivity index (χ3v) is 3.33. The highest BCUT2D eigenvalue weighted by Crippen LogP contribution is 2.17. The SMILES string of the molecule is CC(C)CN1CCC(CNc2cnc(C#N)cn2)C1. The first-order valence-corrected chi connectivity index (χ1v) is 6.85. The Kier molecular flexibility index (Phi) is 4.69. The molecule has 5 heteroatoms. The van der Waals surface area contributed by atoms with Crippen molar-refractivity contribution < 1.29 is 0 Å². The number of hydrogen-bond acceptors (Lipinski definition) is 5. The molecule has 1 aromatic heterocycles. The molecule has 0 bridgehead atoms. The molecule has 0 amide bonds. The summed E-state index contributed by atoms with van der Waals surface area (Å²) in [4.78, 5) is 10.7. The molecule has 1 aliphatic heterocycles. The lowest BCUT2D eigenvalue weighted by molar-refractivity contribution is 0.289. The summed E-state index contributed by atoms with van der Waals surface area (Å²) in [7, 11) is 0. The standard InChI is InChI=1S/C14H21N5/c1-11(2)9-19-4-3-12(10-19)6-17-14-8-16-13(5-15)7-18-14/h7-8,11-12H,3-4,6,9-10H2,1-2H3,(H,17,18). The number of anilines is 1. The molecular weight excluding hydrogens is 238 g/mol. The van der Waals surface area contributed by atoms with Gasteiger partial charge in [-0.25, -0.2) is 9.97 Å². The van der Waals surface area contributed by atoms with Gasteiger partial charge in [-0.3, -0.25) is 0 Å². The molecule has 1 N–H and O–H groups in total.